The molecule has 0 saturated heterocycles. The molecule has 0 spiro atoms. The van der Waals surface area contributed by atoms with Crippen LogP contribution in [-0.4, -0.2) is 25.9 Å². The van der Waals surface area contributed by atoms with Crippen LogP contribution in [0.25, 0.3) is 0 Å². The van der Waals surface area contributed by atoms with Crippen molar-refractivity contribution in [2.45, 2.75) is 12.8 Å². The zero-order chi connectivity index (χ0) is 15.8. The van der Waals surface area contributed by atoms with E-state index in [1.807, 2.05) is 18.2 Å². The minimum atomic E-state index is -3.44. The second kappa shape index (κ2) is 7.82. The van der Waals surface area contributed by atoms with Gasteiger partial charge in [0.15, 0.2) is 0 Å². The van der Waals surface area contributed by atoms with Crippen molar-refractivity contribution in [2.24, 2.45) is 0 Å². The molecule has 0 bridgehead atoms. The topological polar surface area (TPSA) is 78.4 Å². The Kier molecular flexibility index (Phi) is 5.80. The van der Waals surface area contributed by atoms with Gasteiger partial charge < -0.3 is 10.4 Å². The first-order chi connectivity index (χ1) is 10.6. The molecule has 0 aliphatic rings. The molecule has 2 aromatic carbocycles. The van der Waals surface area contributed by atoms with Crippen LogP contribution in [0.3, 0.4) is 0 Å². The van der Waals surface area contributed by atoms with Gasteiger partial charge in [0.25, 0.3) is 0 Å². The second-order valence-corrected chi connectivity index (χ2v) is 6.72. The molecule has 6 heteroatoms. The van der Waals surface area contributed by atoms with Gasteiger partial charge in [0.2, 0.25) is 10.0 Å². The Bertz CT molecular complexity index is 670. The lowest BCUT2D eigenvalue weighted by Crippen LogP contribution is -2.28. The van der Waals surface area contributed by atoms with Crippen molar-refractivity contribution in [1.82, 2.24) is 5.32 Å². The van der Waals surface area contributed by atoms with E-state index in [4.69, 9.17) is 5.11 Å². The van der Waals surface area contributed by atoms with Crippen LogP contribution in [0, 0.1) is 0 Å². The SMILES string of the molecule is O=S(=O)(CNCCCc1ccccc1)Nc1ccc(O)cc1. The fourth-order valence-electron chi connectivity index (χ4n) is 2.01. The molecule has 0 radical (unpaired) electrons. The summed E-state index contributed by atoms with van der Waals surface area (Å²) in [5.41, 5.74) is 1.68. The van der Waals surface area contributed by atoms with Crippen LogP contribution in [-0.2, 0) is 16.4 Å². The Morgan fingerprint density at radius 3 is 2.32 bits per heavy atom. The predicted octanol–water partition coefficient (Wildman–Crippen LogP) is 2.31. The van der Waals surface area contributed by atoms with Gasteiger partial charge in [-0.3, -0.25) is 4.72 Å². The Balaban J connectivity index is 1.70. The standard InChI is InChI=1S/C16H20N2O3S/c19-16-10-8-15(9-11-16)18-22(20,21)13-17-12-4-7-14-5-2-1-3-6-14/h1-3,5-6,8-11,17-19H,4,7,12-13H2. The van der Waals surface area contributed by atoms with Crippen molar-refractivity contribution in [3.05, 3.63) is 60.2 Å². The first kappa shape index (κ1) is 16.3. The molecule has 2 rings (SSSR count). The zero-order valence-electron chi connectivity index (χ0n) is 12.2. The third-order valence-electron chi connectivity index (χ3n) is 3.09. The Labute approximate surface area is 131 Å². The normalized spacial score (nSPS) is 11.3. The highest BCUT2D eigenvalue weighted by Crippen LogP contribution is 2.14. The summed E-state index contributed by atoms with van der Waals surface area (Å²) in [5, 5.41) is 12.1. The Hall–Kier alpha value is -2.05. The van der Waals surface area contributed by atoms with Gasteiger partial charge in [-0.05, 0) is 49.2 Å². The number of aromatic hydroxyl groups is 1. The van der Waals surface area contributed by atoms with Crippen LogP contribution in [0.1, 0.15) is 12.0 Å². The molecule has 0 saturated carbocycles. The van der Waals surface area contributed by atoms with Crippen LogP contribution in [0.5, 0.6) is 5.75 Å². The molecule has 0 aromatic heterocycles. The maximum absolute atomic E-state index is 11.9. The summed E-state index contributed by atoms with van der Waals surface area (Å²) in [6, 6.07) is 16.0. The average molecular weight is 320 g/mol. The van der Waals surface area contributed by atoms with Gasteiger partial charge in [-0.2, -0.15) is 0 Å². The molecule has 0 aliphatic carbocycles. The number of anilines is 1. The third kappa shape index (κ3) is 5.75. The minimum Gasteiger partial charge on any atom is -0.508 e. The van der Waals surface area contributed by atoms with Crippen molar-refractivity contribution < 1.29 is 13.5 Å². The van der Waals surface area contributed by atoms with Gasteiger partial charge in [-0.25, -0.2) is 8.42 Å². The first-order valence-electron chi connectivity index (χ1n) is 7.09. The molecule has 3 N–H and O–H groups in total. The summed E-state index contributed by atoms with van der Waals surface area (Å²) in [4.78, 5) is 0. The lowest BCUT2D eigenvalue weighted by Gasteiger charge is -2.09. The van der Waals surface area contributed by atoms with Gasteiger partial charge in [0, 0.05) is 5.69 Å². The summed E-state index contributed by atoms with van der Waals surface area (Å²) < 4.78 is 26.2. The molecule has 0 aliphatic heterocycles. The maximum Gasteiger partial charge on any atom is 0.245 e. The van der Waals surface area contributed by atoms with Crippen LogP contribution in [0.15, 0.2) is 54.6 Å². The monoisotopic (exact) mass is 320 g/mol. The number of nitrogens with one attached hydrogen (secondary N) is 2. The molecule has 118 valence electrons. The van der Waals surface area contributed by atoms with Gasteiger partial charge in [-0.15, -0.1) is 0 Å². The number of benzene rings is 2. The minimum absolute atomic E-state index is 0.0991. The number of hydrogen-bond acceptors (Lipinski definition) is 4. The van der Waals surface area contributed by atoms with E-state index in [0.717, 1.165) is 12.8 Å². The largest absolute Gasteiger partial charge is 0.508 e. The Morgan fingerprint density at radius 2 is 1.64 bits per heavy atom. The summed E-state index contributed by atoms with van der Waals surface area (Å²) in [7, 11) is -3.44. The lowest BCUT2D eigenvalue weighted by atomic mass is 10.1. The molecule has 0 fully saturated rings. The fourth-order valence-corrected chi connectivity index (χ4v) is 2.99. The van der Waals surface area contributed by atoms with Crippen LogP contribution in [0.2, 0.25) is 0 Å². The van der Waals surface area contributed by atoms with Crippen LogP contribution >= 0.6 is 0 Å². The van der Waals surface area contributed by atoms with E-state index in [-0.39, 0.29) is 11.6 Å². The van der Waals surface area contributed by atoms with E-state index in [9.17, 15) is 8.42 Å². The molecule has 5 nitrogen and oxygen atoms in total. The predicted molar refractivity (Wildman–Crippen MR) is 88.3 cm³/mol. The average Bonchev–Trinajstić information content (AvgIpc) is 2.50. The first-order valence-corrected chi connectivity index (χ1v) is 8.74. The van der Waals surface area contributed by atoms with Gasteiger partial charge in [-0.1, -0.05) is 30.3 Å². The highest BCUT2D eigenvalue weighted by Gasteiger charge is 2.09. The van der Waals surface area contributed by atoms with Crippen LogP contribution < -0.4 is 10.0 Å². The van der Waals surface area contributed by atoms with E-state index < -0.39 is 10.0 Å². The third-order valence-corrected chi connectivity index (χ3v) is 4.23. The summed E-state index contributed by atoms with van der Waals surface area (Å²) in [6.07, 6.45) is 1.79. The fraction of sp³-hybridized carbons (Fsp3) is 0.250. The van der Waals surface area contributed by atoms with E-state index in [2.05, 4.69) is 22.2 Å². The van der Waals surface area contributed by atoms with Crippen molar-refractivity contribution >= 4 is 15.7 Å². The van der Waals surface area contributed by atoms with E-state index in [1.54, 1.807) is 0 Å². The molecule has 0 heterocycles. The molecule has 22 heavy (non-hydrogen) atoms. The zero-order valence-corrected chi connectivity index (χ0v) is 13.0. The number of rotatable bonds is 8. The van der Waals surface area contributed by atoms with Gasteiger partial charge >= 0.3 is 0 Å². The van der Waals surface area contributed by atoms with Gasteiger partial charge in [0.1, 0.15) is 11.6 Å². The number of aryl methyl sites for hydroxylation is 1. The van der Waals surface area contributed by atoms with Crippen LogP contribution in [0.4, 0.5) is 5.69 Å². The van der Waals surface area contributed by atoms with E-state index in [0.29, 0.717) is 12.2 Å². The summed E-state index contributed by atoms with van der Waals surface area (Å²) in [6.45, 7) is 0.630. The number of phenolic OH excluding ortho intramolecular Hbond substituents is 1. The van der Waals surface area contributed by atoms with Crippen molar-refractivity contribution in [2.75, 3.05) is 17.1 Å². The lowest BCUT2D eigenvalue weighted by molar-refractivity contribution is 0.475. The smallest absolute Gasteiger partial charge is 0.245 e. The van der Waals surface area contributed by atoms with Crippen molar-refractivity contribution in [3.63, 3.8) is 0 Å². The Morgan fingerprint density at radius 1 is 0.955 bits per heavy atom. The molecular weight excluding hydrogens is 300 g/mol. The number of hydrogen-bond donors (Lipinski definition) is 3. The second-order valence-electron chi connectivity index (χ2n) is 5.00. The van der Waals surface area contributed by atoms with E-state index >= 15 is 0 Å². The van der Waals surface area contributed by atoms with Crippen molar-refractivity contribution in [3.8, 4) is 5.75 Å². The van der Waals surface area contributed by atoms with E-state index in [1.165, 1.54) is 29.8 Å². The molecule has 2 aromatic rings. The molecule has 0 atom stereocenters. The van der Waals surface area contributed by atoms with Gasteiger partial charge in [0.05, 0.1) is 0 Å². The maximum atomic E-state index is 11.9. The number of phenols is 1. The molecular formula is C16H20N2O3S. The highest BCUT2D eigenvalue weighted by molar-refractivity contribution is 7.92. The summed E-state index contributed by atoms with van der Waals surface area (Å²) >= 11 is 0. The van der Waals surface area contributed by atoms with Crippen molar-refractivity contribution in [1.29, 1.82) is 0 Å². The molecule has 0 unspecified atom stereocenters. The summed E-state index contributed by atoms with van der Waals surface area (Å²) in [5.74, 6) is -0.0372. The highest BCUT2D eigenvalue weighted by atomic mass is 32.2. The molecule has 0 amide bonds. The quantitative estimate of drug-likeness (QED) is 0.515. The number of sulfonamides is 1.